The van der Waals surface area contributed by atoms with Crippen LogP contribution in [-0.2, 0) is 6.54 Å². The summed E-state index contributed by atoms with van der Waals surface area (Å²) in [5.74, 6) is 1.31. The minimum Gasteiger partial charge on any atom is -0.493 e. The standard InChI is InChI=1S/C21H22N4O4/c1-27-18-10-16(11-19(28-2)20(18)29-3)25-15-7-8-17(23-13-15)21(26)24-12-14-6-4-5-9-22-14/h4-11,13,25H,12H2,1-3H3,(H,24,26). The van der Waals surface area contributed by atoms with Crippen LogP contribution in [0, 0.1) is 0 Å². The number of aromatic nitrogens is 2. The normalized spacial score (nSPS) is 10.2. The molecule has 0 aliphatic heterocycles. The summed E-state index contributed by atoms with van der Waals surface area (Å²) in [5.41, 5.74) is 2.53. The highest BCUT2D eigenvalue weighted by Gasteiger charge is 2.13. The molecule has 0 aliphatic rings. The van der Waals surface area contributed by atoms with E-state index >= 15 is 0 Å². The van der Waals surface area contributed by atoms with Crippen LogP contribution in [0.5, 0.6) is 17.2 Å². The predicted molar refractivity (Wildman–Crippen MR) is 109 cm³/mol. The lowest BCUT2D eigenvalue weighted by Crippen LogP contribution is -2.24. The Balaban J connectivity index is 1.68. The largest absolute Gasteiger partial charge is 0.493 e. The molecule has 0 fully saturated rings. The molecule has 0 spiro atoms. The van der Waals surface area contributed by atoms with Gasteiger partial charge >= 0.3 is 0 Å². The number of hydrogen-bond donors (Lipinski definition) is 2. The van der Waals surface area contributed by atoms with Gasteiger partial charge in [-0.3, -0.25) is 9.78 Å². The van der Waals surface area contributed by atoms with Crippen molar-refractivity contribution in [3.05, 3.63) is 66.2 Å². The number of nitrogens with one attached hydrogen (secondary N) is 2. The lowest BCUT2D eigenvalue weighted by molar-refractivity contribution is 0.0945. The molecule has 3 aromatic rings. The molecule has 1 amide bonds. The zero-order valence-electron chi connectivity index (χ0n) is 16.4. The highest BCUT2D eigenvalue weighted by Crippen LogP contribution is 2.40. The highest BCUT2D eigenvalue weighted by atomic mass is 16.5. The van der Waals surface area contributed by atoms with Crippen LogP contribution in [0.3, 0.4) is 0 Å². The summed E-state index contributed by atoms with van der Waals surface area (Å²) < 4.78 is 16.0. The van der Waals surface area contributed by atoms with Crippen LogP contribution in [0.15, 0.2) is 54.9 Å². The van der Waals surface area contributed by atoms with Gasteiger partial charge in [0.05, 0.1) is 45.5 Å². The molecule has 2 heterocycles. The summed E-state index contributed by atoms with van der Waals surface area (Å²) in [4.78, 5) is 20.7. The van der Waals surface area contributed by atoms with Gasteiger partial charge in [0, 0.05) is 24.0 Å². The van der Waals surface area contributed by atoms with Crippen LogP contribution >= 0.6 is 0 Å². The predicted octanol–water partition coefficient (Wildman–Crippen LogP) is 3.18. The average Bonchev–Trinajstić information content (AvgIpc) is 2.77. The van der Waals surface area contributed by atoms with Crippen LogP contribution in [0.1, 0.15) is 16.2 Å². The number of benzene rings is 1. The van der Waals surface area contributed by atoms with Crippen molar-refractivity contribution in [2.75, 3.05) is 26.6 Å². The fourth-order valence-electron chi connectivity index (χ4n) is 2.69. The molecule has 0 saturated carbocycles. The number of methoxy groups -OCH3 is 3. The van der Waals surface area contributed by atoms with E-state index in [1.165, 1.54) is 0 Å². The van der Waals surface area contributed by atoms with E-state index < -0.39 is 0 Å². The first kappa shape index (κ1) is 19.9. The van der Waals surface area contributed by atoms with Crippen LogP contribution in [0.4, 0.5) is 11.4 Å². The second-order valence-corrected chi connectivity index (χ2v) is 5.97. The topological polar surface area (TPSA) is 94.6 Å². The minimum absolute atomic E-state index is 0.269. The van der Waals surface area contributed by atoms with Crippen molar-refractivity contribution < 1.29 is 19.0 Å². The fraction of sp³-hybridized carbons (Fsp3) is 0.190. The van der Waals surface area contributed by atoms with Gasteiger partial charge in [0.15, 0.2) is 11.5 Å². The zero-order valence-corrected chi connectivity index (χ0v) is 16.4. The number of carbonyl (C=O) groups is 1. The van der Waals surface area contributed by atoms with Crippen molar-refractivity contribution in [3.8, 4) is 17.2 Å². The van der Waals surface area contributed by atoms with Gasteiger partial charge in [-0.1, -0.05) is 6.07 Å². The Morgan fingerprint density at radius 3 is 2.24 bits per heavy atom. The molecule has 29 heavy (non-hydrogen) atoms. The molecule has 3 rings (SSSR count). The molecule has 2 N–H and O–H groups in total. The first-order valence-corrected chi connectivity index (χ1v) is 8.85. The van der Waals surface area contributed by atoms with Gasteiger partial charge in [-0.25, -0.2) is 4.98 Å². The van der Waals surface area contributed by atoms with Crippen molar-refractivity contribution >= 4 is 17.3 Å². The van der Waals surface area contributed by atoms with E-state index in [2.05, 4.69) is 20.6 Å². The van der Waals surface area contributed by atoms with Gasteiger partial charge in [0.1, 0.15) is 5.69 Å². The number of hydrogen-bond acceptors (Lipinski definition) is 7. The third-order valence-corrected chi connectivity index (χ3v) is 4.11. The number of anilines is 2. The molecule has 0 bridgehead atoms. The van der Waals surface area contributed by atoms with Crippen molar-refractivity contribution in [1.29, 1.82) is 0 Å². The SMILES string of the molecule is COc1cc(Nc2ccc(C(=O)NCc3ccccn3)nc2)cc(OC)c1OC. The second-order valence-electron chi connectivity index (χ2n) is 5.97. The number of carbonyl (C=O) groups excluding carboxylic acids is 1. The number of pyridine rings is 2. The van der Waals surface area contributed by atoms with Gasteiger partial charge in [-0.2, -0.15) is 0 Å². The van der Waals surface area contributed by atoms with Crippen molar-refractivity contribution in [1.82, 2.24) is 15.3 Å². The van der Waals surface area contributed by atoms with E-state index in [9.17, 15) is 4.79 Å². The Bertz CT molecular complexity index is 937. The van der Waals surface area contributed by atoms with E-state index in [0.29, 0.717) is 35.2 Å². The number of ether oxygens (including phenoxy) is 3. The van der Waals surface area contributed by atoms with E-state index in [0.717, 1.165) is 11.4 Å². The molecule has 0 atom stereocenters. The van der Waals surface area contributed by atoms with E-state index in [1.54, 1.807) is 58.0 Å². The fourth-order valence-corrected chi connectivity index (χ4v) is 2.69. The van der Waals surface area contributed by atoms with Gasteiger partial charge in [0.25, 0.3) is 5.91 Å². The van der Waals surface area contributed by atoms with Crippen LogP contribution in [-0.4, -0.2) is 37.2 Å². The third kappa shape index (κ3) is 4.92. The first-order valence-electron chi connectivity index (χ1n) is 8.85. The number of rotatable bonds is 8. The van der Waals surface area contributed by atoms with E-state index in [1.807, 2.05) is 18.2 Å². The van der Waals surface area contributed by atoms with Crippen molar-refractivity contribution in [3.63, 3.8) is 0 Å². The molecule has 8 heteroatoms. The first-order chi connectivity index (χ1) is 14.1. The average molecular weight is 394 g/mol. The highest BCUT2D eigenvalue weighted by molar-refractivity contribution is 5.92. The maximum Gasteiger partial charge on any atom is 0.270 e. The monoisotopic (exact) mass is 394 g/mol. The molecule has 2 aromatic heterocycles. The van der Waals surface area contributed by atoms with Gasteiger partial charge in [-0.05, 0) is 24.3 Å². The lowest BCUT2D eigenvalue weighted by atomic mass is 10.2. The summed E-state index contributed by atoms with van der Waals surface area (Å²) in [6.07, 6.45) is 3.27. The second kappa shape index (κ2) is 9.41. The Morgan fingerprint density at radius 1 is 0.931 bits per heavy atom. The molecule has 0 aliphatic carbocycles. The summed E-state index contributed by atoms with van der Waals surface area (Å²) in [5, 5.41) is 6.00. The molecule has 150 valence electrons. The third-order valence-electron chi connectivity index (χ3n) is 4.11. The molecular weight excluding hydrogens is 372 g/mol. The molecular formula is C21H22N4O4. The van der Waals surface area contributed by atoms with Gasteiger partial charge in [0.2, 0.25) is 5.75 Å². The maximum atomic E-state index is 12.3. The number of amides is 1. The molecule has 0 saturated heterocycles. The Labute approximate surface area is 168 Å². The van der Waals surface area contributed by atoms with Crippen molar-refractivity contribution in [2.24, 2.45) is 0 Å². The molecule has 0 unspecified atom stereocenters. The molecule has 1 aromatic carbocycles. The van der Waals surface area contributed by atoms with Crippen LogP contribution in [0.25, 0.3) is 0 Å². The summed E-state index contributed by atoms with van der Waals surface area (Å²) in [7, 11) is 4.66. The Morgan fingerprint density at radius 2 is 1.69 bits per heavy atom. The summed E-state index contributed by atoms with van der Waals surface area (Å²) in [6.45, 7) is 0.340. The maximum absolute atomic E-state index is 12.3. The zero-order chi connectivity index (χ0) is 20.6. The smallest absolute Gasteiger partial charge is 0.270 e. The summed E-state index contributed by atoms with van der Waals surface area (Å²) in [6, 6.07) is 12.5. The number of nitrogens with zero attached hydrogens (tertiary/aromatic N) is 2. The quantitative estimate of drug-likeness (QED) is 0.606. The van der Waals surface area contributed by atoms with Gasteiger partial charge < -0.3 is 24.8 Å². The Kier molecular flexibility index (Phi) is 6.47. The van der Waals surface area contributed by atoms with E-state index in [-0.39, 0.29) is 5.91 Å². The molecule has 8 nitrogen and oxygen atoms in total. The lowest BCUT2D eigenvalue weighted by Gasteiger charge is -2.15. The van der Waals surface area contributed by atoms with Gasteiger partial charge in [-0.15, -0.1) is 0 Å². The van der Waals surface area contributed by atoms with Crippen molar-refractivity contribution in [2.45, 2.75) is 6.54 Å². The van der Waals surface area contributed by atoms with Crippen LogP contribution < -0.4 is 24.8 Å². The van der Waals surface area contributed by atoms with E-state index in [4.69, 9.17) is 14.2 Å². The van der Waals surface area contributed by atoms with Crippen LogP contribution in [0.2, 0.25) is 0 Å². The minimum atomic E-state index is -0.269. The Hall–Kier alpha value is -3.81. The summed E-state index contributed by atoms with van der Waals surface area (Å²) >= 11 is 0. The molecule has 0 radical (unpaired) electrons.